The molecular formula is C15H17NO2S. The Balaban J connectivity index is 2.15. The van der Waals surface area contributed by atoms with Crippen LogP contribution in [0, 0.1) is 13.8 Å². The fourth-order valence-corrected chi connectivity index (χ4v) is 2.36. The summed E-state index contributed by atoms with van der Waals surface area (Å²) in [5.74, 6) is 1.56. The van der Waals surface area contributed by atoms with Crippen LogP contribution in [0.3, 0.4) is 0 Å². The molecule has 0 bridgehead atoms. The average molecular weight is 275 g/mol. The molecule has 1 unspecified atom stereocenters. The lowest BCUT2D eigenvalue weighted by molar-refractivity contribution is 0.0937. The highest BCUT2D eigenvalue weighted by atomic mass is 32.1. The molecule has 0 spiro atoms. The minimum absolute atomic E-state index is 0.0992. The number of hydrogen-bond donors (Lipinski definition) is 2. The monoisotopic (exact) mass is 275 g/mol. The van der Waals surface area contributed by atoms with Crippen LogP contribution in [0.4, 0.5) is 0 Å². The Hall–Kier alpha value is -1.68. The largest absolute Gasteiger partial charge is 0.466 e. The molecule has 4 heteroatoms. The van der Waals surface area contributed by atoms with Gasteiger partial charge < -0.3 is 9.73 Å². The van der Waals surface area contributed by atoms with E-state index in [4.69, 9.17) is 4.42 Å². The number of benzene rings is 1. The fraction of sp³-hybridized carbons (Fsp3) is 0.267. The van der Waals surface area contributed by atoms with Crippen LogP contribution < -0.4 is 5.32 Å². The van der Waals surface area contributed by atoms with Gasteiger partial charge in [-0.1, -0.05) is 12.1 Å². The summed E-state index contributed by atoms with van der Waals surface area (Å²) in [4.78, 5) is 12.9. The number of amides is 1. The van der Waals surface area contributed by atoms with Gasteiger partial charge in [-0.2, -0.15) is 0 Å². The number of hydrogen-bond acceptors (Lipinski definition) is 3. The maximum atomic E-state index is 12.2. The van der Waals surface area contributed by atoms with Crippen molar-refractivity contribution >= 4 is 18.5 Å². The van der Waals surface area contributed by atoms with E-state index in [9.17, 15) is 4.79 Å². The van der Waals surface area contributed by atoms with Crippen molar-refractivity contribution in [1.29, 1.82) is 0 Å². The van der Waals surface area contributed by atoms with Gasteiger partial charge in [0.25, 0.3) is 5.91 Å². The van der Waals surface area contributed by atoms with Crippen LogP contribution in [0.5, 0.6) is 0 Å². The number of carbonyl (C=O) groups is 1. The molecule has 3 nitrogen and oxygen atoms in total. The van der Waals surface area contributed by atoms with Crippen molar-refractivity contribution in [3.8, 4) is 0 Å². The highest BCUT2D eigenvalue weighted by Crippen LogP contribution is 2.22. The first-order valence-corrected chi connectivity index (χ1v) is 6.59. The predicted octanol–water partition coefficient (Wildman–Crippen LogP) is 3.68. The van der Waals surface area contributed by atoms with E-state index in [2.05, 4.69) is 17.9 Å². The van der Waals surface area contributed by atoms with Crippen molar-refractivity contribution in [2.75, 3.05) is 0 Å². The number of furan rings is 1. The smallest absolute Gasteiger partial charge is 0.252 e. The zero-order chi connectivity index (χ0) is 14.0. The summed E-state index contributed by atoms with van der Waals surface area (Å²) < 4.78 is 5.48. The average Bonchev–Trinajstić information content (AvgIpc) is 2.69. The summed E-state index contributed by atoms with van der Waals surface area (Å²) in [6.45, 7) is 5.74. The maximum Gasteiger partial charge on any atom is 0.252 e. The first kappa shape index (κ1) is 13.7. The van der Waals surface area contributed by atoms with Gasteiger partial charge in [-0.15, -0.1) is 12.6 Å². The maximum absolute atomic E-state index is 12.2. The number of thiol groups is 1. The third-order valence-corrected chi connectivity index (χ3v) is 3.43. The molecule has 1 N–H and O–H groups in total. The molecule has 19 heavy (non-hydrogen) atoms. The fourth-order valence-electron chi connectivity index (χ4n) is 2.10. The van der Waals surface area contributed by atoms with Crippen molar-refractivity contribution < 1.29 is 9.21 Å². The van der Waals surface area contributed by atoms with Gasteiger partial charge in [-0.25, -0.2) is 0 Å². The van der Waals surface area contributed by atoms with Crippen molar-refractivity contribution in [3.63, 3.8) is 0 Å². The zero-order valence-electron chi connectivity index (χ0n) is 11.2. The van der Waals surface area contributed by atoms with Gasteiger partial charge >= 0.3 is 0 Å². The molecule has 100 valence electrons. The van der Waals surface area contributed by atoms with E-state index in [1.54, 1.807) is 12.1 Å². The van der Waals surface area contributed by atoms with E-state index in [1.165, 1.54) is 0 Å². The highest BCUT2D eigenvalue weighted by molar-refractivity contribution is 7.80. The lowest BCUT2D eigenvalue weighted by Crippen LogP contribution is -2.27. The molecule has 1 heterocycles. The van der Waals surface area contributed by atoms with Gasteiger partial charge in [0, 0.05) is 10.5 Å². The Bertz CT molecular complexity index is 604. The van der Waals surface area contributed by atoms with Crippen LogP contribution in [0.15, 0.2) is 39.6 Å². The van der Waals surface area contributed by atoms with E-state index >= 15 is 0 Å². The quantitative estimate of drug-likeness (QED) is 0.839. The number of carbonyl (C=O) groups excluding carboxylic acids is 1. The van der Waals surface area contributed by atoms with Crippen LogP contribution in [0.2, 0.25) is 0 Å². The van der Waals surface area contributed by atoms with E-state index in [-0.39, 0.29) is 11.9 Å². The molecule has 0 aliphatic carbocycles. The predicted molar refractivity (Wildman–Crippen MR) is 77.8 cm³/mol. The molecule has 1 aromatic heterocycles. The third kappa shape index (κ3) is 3.01. The molecule has 2 aromatic rings. The number of nitrogens with one attached hydrogen (secondary N) is 1. The first-order valence-electron chi connectivity index (χ1n) is 6.15. The Kier molecular flexibility index (Phi) is 4.00. The van der Waals surface area contributed by atoms with Crippen molar-refractivity contribution in [2.45, 2.75) is 31.7 Å². The number of rotatable bonds is 3. The second-order valence-electron chi connectivity index (χ2n) is 4.58. The Morgan fingerprint density at radius 2 is 2.00 bits per heavy atom. The first-order chi connectivity index (χ1) is 8.99. The molecule has 0 aliphatic heterocycles. The SMILES string of the molecule is Cc1cc(C(C)NC(=O)c2ccccc2S)c(C)o1. The van der Waals surface area contributed by atoms with Crippen LogP contribution in [0.25, 0.3) is 0 Å². The normalized spacial score (nSPS) is 12.2. The Morgan fingerprint density at radius 1 is 1.32 bits per heavy atom. The molecule has 0 saturated heterocycles. The number of aryl methyl sites for hydroxylation is 2. The molecule has 1 atom stereocenters. The summed E-state index contributed by atoms with van der Waals surface area (Å²) in [6.07, 6.45) is 0. The summed E-state index contributed by atoms with van der Waals surface area (Å²) in [6, 6.07) is 9.09. The van der Waals surface area contributed by atoms with Gasteiger partial charge in [0.2, 0.25) is 0 Å². The second kappa shape index (κ2) is 5.53. The van der Waals surface area contributed by atoms with Gasteiger partial charge in [0.05, 0.1) is 11.6 Å². The van der Waals surface area contributed by atoms with Crippen molar-refractivity contribution in [2.24, 2.45) is 0 Å². The minimum Gasteiger partial charge on any atom is -0.466 e. The molecule has 0 aliphatic rings. The van der Waals surface area contributed by atoms with Crippen LogP contribution >= 0.6 is 12.6 Å². The Labute approximate surface area is 118 Å². The lowest BCUT2D eigenvalue weighted by Gasteiger charge is -2.14. The minimum atomic E-state index is -0.128. The van der Waals surface area contributed by atoms with Gasteiger partial charge in [0.15, 0.2) is 0 Å². The second-order valence-corrected chi connectivity index (χ2v) is 5.06. The van der Waals surface area contributed by atoms with E-state index < -0.39 is 0 Å². The van der Waals surface area contributed by atoms with E-state index in [1.807, 2.05) is 39.0 Å². The molecular weight excluding hydrogens is 258 g/mol. The summed E-state index contributed by atoms with van der Waals surface area (Å²) in [5, 5.41) is 2.96. The molecule has 0 radical (unpaired) electrons. The molecule has 0 fully saturated rings. The van der Waals surface area contributed by atoms with Crippen LogP contribution in [-0.2, 0) is 0 Å². The lowest BCUT2D eigenvalue weighted by atomic mass is 10.1. The summed E-state index contributed by atoms with van der Waals surface area (Å²) in [5.41, 5.74) is 1.58. The van der Waals surface area contributed by atoms with Gasteiger partial charge in [-0.05, 0) is 39.0 Å². The topological polar surface area (TPSA) is 42.2 Å². The molecule has 1 amide bonds. The zero-order valence-corrected chi connectivity index (χ0v) is 12.1. The van der Waals surface area contributed by atoms with Crippen LogP contribution in [-0.4, -0.2) is 5.91 Å². The van der Waals surface area contributed by atoms with Crippen LogP contribution in [0.1, 0.15) is 40.4 Å². The molecule has 0 saturated carbocycles. The summed E-state index contributed by atoms with van der Waals surface area (Å²) in [7, 11) is 0. The molecule has 2 rings (SSSR count). The Morgan fingerprint density at radius 3 is 2.58 bits per heavy atom. The highest BCUT2D eigenvalue weighted by Gasteiger charge is 2.16. The third-order valence-electron chi connectivity index (χ3n) is 3.04. The van der Waals surface area contributed by atoms with E-state index in [0.717, 1.165) is 17.1 Å². The molecule has 1 aromatic carbocycles. The van der Waals surface area contributed by atoms with E-state index in [0.29, 0.717) is 10.5 Å². The summed E-state index contributed by atoms with van der Waals surface area (Å²) >= 11 is 4.29. The van der Waals surface area contributed by atoms with Crippen molar-refractivity contribution in [3.05, 3.63) is 53.0 Å². The van der Waals surface area contributed by atoms with Gasteiger partial charge in [-0.3, -0.25) is 4.79 Å². The van der Waals surface area contributed by atoms with Gasteiger partial charge in [0.1, 0.15) is 11.5 Å². The standard InChI is InChI=1S/C15H17NO2S/c1-9-8-13(11(3)18-9)10(2)16-15(17)12-6-4-5-7-14(12)19/h4-8,10,19H,1-3H3,(H,16,17). The van der Waals surface area contributed by atoms with Crippen molar-refractivity contribution in [1.82, 2.24) is 5.32 Å².